The molecule has 0 heterocycles. The topological polar surface area (TPSA) is 55.1 Å². The quantitative estimate of drug-likeness (QED) is 0.562. The second-order valence-corrected chi connectivity index (χ2v) is 5.92. The largest absolute Gasteiger partial charge is 0.399 e. The minimum absolute atomic E-state index is 0.0664. The van der Waals surface area contributed by atoms with Crippen LogP contribution in [0.3, 0.4) is 0 Å². The summed E-state index contributed by atoms with van der Waals surface area (Å²) in [5.41, 5.74) is 8.25. The average molecular weight is 280 g/mol. The van der Waals surface area contributed by atoms with Crippen LogP contribution < -0.4 is 11.1 Å². The van der Waals surface area contributed by atoms with Crippen molar-refractivity contribution in [3.8, 4) is 0 Å². The lowest BCUT2D eigenvalue weighted by atomic mass is 10.2. The first-order chi connectivity index (χ1) is 9.13. The Morgan fingerprint density at radius 3 is 2.84 bits per heavy atom. The fourth-order valence-electron chi connectivity index (χ4n) is 1.71. The number of aryl methyl sites for hydroxylation is 1. The molecule has 3 N–H and O–H groups in total. The smallest absolute Gasteiger partial charge is 0.225 e. The van der Waals surface area contributed by atoms with Crippen LogP contribution in [0.2, 0.25) is 0 Å². The van der Waals surface area contributed by atoms with Gasteiger partial charge in [0.25, 0.3) is 0 Å². The molecule has 0 spiro atoms. The van der Waals surface area contributed by atoms with E-state index in [1.807, 2.05) is 36.9 Å². The predicted octanol–water partition coefficient (Wildman–Crippen LogP) is 3.83. The molecule has 19 heavy (non-hydrogen) atoms. The van der Waals surface area contributed by atoms with E-state index in [0.717, 1.165) is 22.8 Å². The monoisotopic (exact) mass is 280 g/mol. The van der Waals surface area contributed by atoms with E-state index in [0.29, 0.717) is 12.1 Å². The van der Waals surface area contributed by atoms with Crippen molar-refractivity contribution in [1.82, 2.24) is 0 Å². The minimum Gasteiger partial charge on any atom is -0.399 e. The highest BCUT2D eigenvalue weighted by Crippen LogP contribution is 2.18. The Morgan fingerprint density at radius 1 is 1.32 bits per heavy atom. The van der Waals surface area contributed by atoms with Gasteiger partial charge in [0.15, 0.2) is 0 Å². The van der Waals surface area contributed by atoms with Gasteiger partial charge in [-0.1, -0.05) is 25.8 Å². The van der Waals surface area contributed by atoms with Gasteiger partial charge in [-0.15, -0.1) is 0 Å². The Balaban J connectivity index is 2.25. The molecular weight excluding hydrogens is 256 g/mol. The highest BCUT2D eigenvalue weighted by Gasteiger charge is 2.05. The number of carbonyl (C=O) groups is 1. The van der Waals surface area contributed by atoms with Crippen molar-refractivity contribution in [2.75, 3.05) is 22.6 Å². The average Bonchev–Trinajstić information content (AvgIpc) is 2.38. The third kappa shape index (κ3) is 6.53. The zero-order valence-electron chi connectivity index (χ0n) is 11.9. The number of benzene rings is 1. The van der Waals surface area contributed by atoms with Gasteiger partial charge >= 0.3 is 0 Å². The number of carbonyl (C=O) groups excluding carboxylic acids is 1. The Bertz CT molecular complexity index is 407. The fraction of sp³-hybridized carbons (Fsp3) is 0.533. The summed E-state index contributed by atoms with van der Waals surface area (Å²) >= 11 is 1.85. The normalized spacial score (nSPS) is 10.4. The molecule has 106 valence electrons. The summed E-state index contributed by atoms with van der Waals surface area (Å²) in [5.74, 6) is 2.10. The number of unbranched alkanes of at least 4 members (excludes halogenated alkanes) is 2. The molecule has 0 saturated carbocycles. The number of rotatable bonds is 8. The fourth-order valence-corrected chi connectivity index (χ4v) is 2.65. The van der Waals surface area contributed by atoms with Crippen molar-refractivity contribution in [2.24, 2.45) is 0 Å². The number of nitrogen functional groups attached to an aromatic ring is 1. The SMILES string of the molecule is CCCCCSCCC(=O)Nc1cc(N)ccc1C. The molecule has 1 aromatic rings. The molecule has 0 radical (unpaired) electrons. The molecule has 0 aliphatic carbocycles. The molecule has 0 aliphatic heterocycles. The molecule has 0 aromatic heterocycles. The molecule has 0 atom stereocenters. The number of thioether (sulfide) groups is 1. The number of nitrogens with two attached hydrogens (primary N) is 1. The molecule has 0 fully saturated rings. The molecule has 0 aliphatic rings. The van der Waals surface area contributed by atoms with Crippen molar-refractivity contribution < 1.29 is 4.79 Å². The molecule has 1 rings (SSSR count). The summed E-state index contributed by atoms with van der Waals surface area (Å²) in [5, 5.41) is 2.92. The van der Waals surface area contributed by atoms with Gasteiger partial charge in [-0.25, -0.2) is 0 Å². The number of hydrogen-bond donors (Lipinski definition) is 2. The lowest BCUT2D eigenvalue weighted by molar-refractivity contribution is -0.115. The van der Waals surface area contributed by atoms with Crippen LogP contribution in [0.4, 0.5) is 11.4 Å². The van der Waals surface area contributed by atoms with Crippen LogP contribution in [0, 0.1) is 6.92 Å². The highest BCUT2D eigenvalue weighted by atomic mass is 32.2. The van der Waals surface area contributed by atoms with E-state index in [-0.39, 0.29) is 5.91 Å². The lowest BCUT2D eigenvalue weighted by Gasteiger charge is -2.09. The number of anilines is 2. The maximum atomic E-state index is 11.8. The van der Waals surface area contributed by atoms with Crippen LogP contribution in [0.25, 0.3) is 0 Å². The molecule has 0 unspecified atom stereocenters. The first kappa shape index (κ1) is 15.9. The van der Waals surface area contributed by atoms with E-state index >= 15 is 0 Å². The molecular formula is C15H24N2OS. The molecule has 3 nitrogen and oxygen atoms in total. The Hall–Kier alpha value is -1.16. The van der Waals surface area contributed by atoms with Crippen molar-refractivity contribution in [2.45, 2.75) is 39.5 Å². The van der Waals surface area contributed by atoms with E-state index in [2.05, 4.69) is 12.2 Å². The van der Waals surface area contributed by atoms with E-state index in [4.69, 9.17) is 5.73 Å². The van der Waals surface area contributed by atoms with E-state index in [9.17, 15) is 4.79 Å². The van der Waals surface area contributed by atoms with Gasteiger partial charge in [-0.3, -0.25) is 4.79 Å². The van der Waals surface area contributed by atoms with Gasteiger partial charge < -0.3 is 11.1 Å². The van der Waals surface area contributed by atoms with Crippen molar-refractivity contribution >= 4 is 29.0 Å². The summed E-state index contributed by atoms with van der Waals surface area (Å²) in [4.78, 5) is 11.8. The van der Waals surface area contributed by atoms with Gasteiger partial charge in [-0.05, 0) is 36.8 Å². The first-order valence-corrected chi connectivity index (χ1v) is 8.02. The van der Waals surface area contributed by atoms with E-state index in [1.165, 1.54) is 19.3 Å². The van der Waals surface area contributed by atoms with Gasteiger partial charge in [0.05, 0.1) is 0 Å². The van der Waals surface area contributed by atoms with Gasteiger partial charge in [0.1, 0.15) is 0 Å². The zero-order valence-corrected chi connectivity index (χ0v) is 12.7. The number of nitrogens with one attached hydrogen (secondary N) is 1. The second-order valence-electron chi connectivity index (χ2n) is 4.69. The first-order valence-electron chi connectivity index (χ1n) is 6.87. The number of hydrogen-bond acceptors (Lipinski definition) is 3. The molecule has 0 saturated heterocycles. The third-order valence-electron chi connectivity index (χ3n) is 2.90. The van der Waals surface area contributed by atoms with E-state index < -0.39 is 0 Å². The maximum absolute atomic E-state index is 11.8. The summed E-state index contributed by atoms with van der Waals surface area (Å²) in [6.45, 7) is 4.17. The molecule has 0 bridgehead atoms. The van der Waals surface area contributed by atoms with Crippen LogP contribution in [0.15, 0.2) is 18.2 Å². The summed E-state index contributed by atoms with van der Waals surface area (Å²) < 4.78 is 0. The third-order valence-corrected chi connectivity index (χ3v) is 3.97. The molecule has 1 amide bonds. The Kier molecular flexibility index (Phi) is 7.41. The van der Waals surface area contributed by atoms with Crippen LogP contribution in [-0.2, 0) is 4.79 Å². The van der Waals surface area contributed by atoms with Crippen molar-refractivity contribution in [1.29, 1.82) is 0 Å². The van der Waals surface area contributed by atoms with Crippen LogP contribution in [0.1, 0.15) is 38.2 Å². The Labute approximate surface area is 120 Å². The number of amides is 1. The van der Waals surface area contributed by atoms with Gasteiger partial charge in [0, 0.05) is 23.5 Å². The van der Waals surface area contributed by atoms with Crippen LogP contribution in [0.5, 0.6) is 0 Å². The highest BCUT2D eigenvalue weighted by molar-refractivity contribution is 7.99. The summed E-state index contributed by atoms with van der Waals surface area (Å²) in [7, 11) is 0. The van der Waals surface area contributed by atoms with Crippen LogP contribution in [-0.4, -0.2) is 17.4 Å². The molecule has 1 aromatic carbocycles. The predicted molar refractivity (Wildman–Crippen MR) is 85.7 cm³/mol. The van der Waals surface area contributed by atoms with Gasteiger partial charge in [-0.2, -0.15) is 11.8 Å². The lowest BCUT2D eigenvalue weighted by Crippen LogP contribution is -2.13. The zero-order chi connectivity index (χ0) is 14.1. The molecule has 4 heteroatoms. The van der Waals surface area contributed by atoms with Crippen molar-refractivity contribution in [3.05, 3.63) is 23.8 Å². The van der Waals surface area contributed by atoms with E-state index in [1.54, 1.807) is 0 Å². The maximum Gasteiger partial charge on any atom is 0.225 e. The van der Waals surface area contributed by atoms with Crippen LogP contribution >= 0.6 is 11.8 Å². The van der Waals surface area contributed by atoms with Gasteiger partial charge in [0.2, 0.25) is 5.91 Å². The second kappa shape index (κ2) is 8.86. The summed E-state index contributed by atoms with van der Waals surface area (Å²) in [6, 6.07) is 5.57. The minimum atomic E-state index is 0.0664. The summed E-state index contributed by atoms with van der Waals surface area (Å²) in [6.07, 6.45) is 4.33. The van der Waals surface area contributed by atoms with Crippen molar-refractivity contribution in [3.63, 3.8) is 0 Å². The Morgan fingerprint density at radius 2 is 2.11 bits per heavy atom. The standard InChI is InChI=1S/C15H24N2OS/c1-3-4-5-9-19-10-8-15(18)17-14-11-13(16)7-6-12(14)2/h6-7,11H,3-5,8-10,16H2,1-2H3,(H,17,18).